The molecule has 3 fully saturated rings. The molecule has 0 aromatic heterocycles. The lowest BCUT2D eigenvalue weighted by Crippen LogP contribution is -2.59. The van der Waals surface area contributed by atoms with Crippen LogP contribution in [0.2, 0.25) is 0 Å². The van der Waals surface area contributed by atoms with Crippen molar-refractivity contribution >= 4 is 23.4 Å². The SMILES string of the molecule is C=CCN(C)C(=O)[C@@H]1[C@@H]2CCC3(O2)C(C(=O)N(CC=C)c2cc(C)ccc2C)N([C@@H](CC)CO)C(=O)[C@H]13. The summed E-state index contributed by atoms with van der Waals surface area (Å²) in [6, 6.07) is 4.41. The molecule has 8 heteroatoms. The van der Waals surface area contributed by atoms with Gasteiger partial charge in [-0.05, 0) is 50.3 Å². The van der Waals surface area contributed by atoms with Crippen LogP contribution in [0.25, 0.3) is 0 Å². The van der Waals surface area contributed by atoms with E-state index in [9.17, 15) is 19.5 Å². The highest BCUT2D eigenvalue weighted by molar-refractivity contribution is 6.05. The highest BCUT2D eigenvalue weighted by Gasteiger charge is 2.75. The number of aliphatic hydroxyl groups is 1. The van der Waals surface area contributed by atoms with Crippen LogP contribution in [0.5, 0.6) is 0 Å². The molecule has 200 valence electrons. The number of benzene rings is 1. The van der Waals surface area contributed by atoms with Crippen LogP contribution < -0.4 is 4.90 Å². The van der Waals surface area contributed by atoms with E-state index in [1.54, 1.807) is 29.0 Å². The Morgan fingerprint density at radius 3 is 2.57 bits per heavy atom. The predicted molar refractivity (Wildman–Crippen MR) is 142 cm³/mol. The molecule has 6 atom stereocenters. The largest absolute Gasteiger partial charge is 0.394 e. The summed E-state index contributed by atoms with van der Waals surface area (Å²) in [6.07, 6.45) is 4.47. The van der Waals surface area contributed by atoms with Gasteiger partial charge in [-0.1, -0.05) is 31.2 Å². The number of likely N-dealkylation sites (N-methyl/N-ethyl adjacent to an activating group) is 1. The zero-order valence-electron chi connectivity index (χ0n) is 22.4. The van der Waals surface area contributed by atoms with Gasteiger partial charge in [0.1, 0.15) is 11.6 Å². The van der Waals surface area contributed by atoms with Crippen LogP contribution in [-0.4, -0.2) is 83.2 Å². The molecule has 3 heterocycles. The van der Waals surface area contributed by atoms with Gasteiger partial charge < -0.3 is 24.5 Å². The van der Waals surface area contributed by atoms with Crippen molar-refractivity contribution in [2.45, 2.75) is 63.8 Å². The Morgan fingerprint density at radius 1 is 1.24 bits per heavy atom. The van der Waals surface area contributed by atoms with Crippen molar-refractivity contribution < 1.29 is 24.2 Å². The fourth-order valence-corrected chi connectivity index (χ4v) is 6.59. The van der Waals surface area contributed by atoms with Gasteiger partial charge in [-0.3, -0.25) is 14.4 Å². The maximum atomic E-state index is 14.5. The van der Waals surface area contributed by atoms with Gasteiger partial charge in [-0.15, -0.1) is 13.2 Å². The number of amides is 3. The number of ether oxygens (including phenoxy) is 1. The molecule has 0 radical (unpaired) electrons. The maximum Gasteiger partial charge on any atom is 0.253 e. The number of aryl methyl sites for hydroxylation is 2. The van der Waals surface area contributed by atoms with Crippen molar-refractivity contribution in [2.75, 3.05) is 31.6 Å². The maximum absolute atomic E-state index is 14.5. The Kier molecular flexibility index (Phi) is 7.62. The fourth-order valence-electron chi connectivity index (χ4n) is 6.59. The molecule has 3 aliphatic rings. The van der Waals surface area contributed by atoms with Gasteiger partial charge in [-0.2, -0.15) is 0 Å². The van der Waals surface area contributed by atoms with E-state index >= 15 is 0 Å². The number of carbonyl (C=O) groups excluding carboxylic acids is 3. The van der Waals surface area contributed by atoms with Gasteiger partial charge >= 0.3 is 0 Å². The zero-order valence-corrected chi connectivity index (χ0v) is 22.4. The van der Waals surface area contributed by atoms with E-state index in [4.69, 9.17) is 4.74 Å². The average molecular weight is 510 g/mol. The first-order chi connectivity index (χ1) is 17.7. The van der Waals surface area contributed by atoms with Gasteiger partial charge in [0.05, 0.1) is 30.6 Å². The first-order valence-corrected chi connectivity index (χ1v) is 13.1. The molecular formula is C29H39N3O5. The van der Waals surface area contributed by atoms with Crippen molar-refractivity contribution in [2.24, 2.45) is 11.8 Å². The van der Waals surface area contributed by atoms with Crippen molar-refractivity contribution in [3.8, 4) is 0 Å². The number of carbonyl (C=O) groups is 3. The van der Waals surface area contributed by atoms with E-state index in [1.807, 2.05) is 39.0 Å². The first kappa shape index (κ1) is 27.1. The molecule has 8 nitrogen and oxygen atoms in total. The van der Waals surface area contributed by atoms with E-state index in [0.29, 0.717) is 25.8 Å². The summed E-state index contributed by atoms with van der Waals surface area (Å²) < 4.78 is 6.55. The molecule has 37 heavy (non-hydrogen) atoms. The molecular weight excluding hydrogens is 470 g/mol. The first-order valence-electron chi connectivity index (χ1n) is 13.1. The molecule has 3 aliphatic heterocycles. The van der Waals surface area contributed by atoms with Crippen LogP contribution in [0, 0.1) is 25.7 Å². The van der Waals surface area contributed by atoms with Gasteiger partial charge in [0, 0.05) is 25.8 Å². The summed E-state index contributed by atoms with van der Waals surface area (Å²) in [6.45, 7) is 13.7. The lowest BCUT2D eigenvalue weighted by molar-refractivity contribution is -0.146. The highest BCUT2D eigenvalue weighted by Crippen LogP contribution is 2.59. The van der Waals surface area contributed by atoms with Crippen LogP contribution in [0.15, 0.2) is 43.5 Å². The normalized spacial score (nSPS) is 28.7. The summed E-state index contributed by atoms with van der Waals surface area (Å²) in [4.78, 5) is 46.9. The fraction of sp³-hybridized carbons (Fsp3) is 0.552. The van der Waals surface area contributed by atoms with Crippen LogP contribution in [0.3, 0.4) is 0 Å². The van der Waals surface area contributed by atoms with Crippen LogP contribution in [0.4, 0.5) is 5.69 Å². The lowest BCUT2D eigenvalue weighted by atomic mass is 9.70. The number of hydrogen-bond acceptors (Lipinski definition) is 5. The number of hydrogen-bond donors (Lipinski definition) is 1. The Balaban J connectivity index is 1.83. The molecule has 0 aliphatic carbocycles. The van der Waals surface area contributed by atoms with Crippen LogP contribution >= 0.6 is 0 Å². The van der Waals surface area contributed by atoms with Crippen molar-refractivity contribution in [3.05, 3.63) is 54.6 Å². The Hall–Kier alpha value is -2.97. The highest BCUT2D eigenvalue weighted by atomic mass is 16.5. The van der Waals surface area contributed by atoms with E-state index in [2.05, 4.69) is 13.2 Å². The minimum Gasteiger partial charge on any atom is -0.394 e. The summed E-state index contributed by atoms with van der Waals surface area (Å²) in [7, 11) is 1.69. The second kappa shape index (κ2) is 10.4. The van der Waals surface area contributed by atoms with Gasteiger partial charge in [0.15, 0.2) is 0 Å². The van der Waals surface area contributed by atoms with Gasteiger partial charge in [-0.25, -0.2) is 0 Å². The zero-order chi connectivity index (χ0) is 27.1. The minimum absolute atomic E-state index is 0.174. The third-order valence-electron chi connectivity index (χ3n) is 8.34. The van der Waals surface area contributed by atoms with E-state index < -0.39 is 35.6 Å². The van der Waals surface area contributed by atoms with Crippen molar-refractivity contribution in [1.82, 2.24) is 9.80 Å². The Bertz CT molecular complexity index is 1100. The monoisotopic (exact) mass is 509 g/mol. The van der Waals surface area contributed by atoms with E-state index in [0.717, 1.165) is 16.8 Å². The molecule has 4 rings (SSSR count). The lowest BCUT2D eigenvalue weighted by Gasteiger charge is -2.39. The predicted octanol–water partition coefficient (Wildman–Crippen LogP) is 2.61. The molecule has 3 saturated heterocycles. The third-order valence-corrected chi connectivity index (χ3v) is 8.34. The molecule has 2 unspecified atom stereocenters. The second-order valence-corrected chi connectivity index (χ2v) is 10.6. The Labute approximate surface area is 219 Å². The van der Waals surface area contributed by atoms with Crippen molar-refractivity contribution in [3.63, 3.8) is 0 Å². The number of likely N-dealkylation sites (tertiary alicyclic amines) is 1. The van der Waals surface area contributed by atoms with Crippen molar-refractivity contribution in [1.29, 1.82) is 0 Å². The number of fused-ring (bicyclic) bond motifs is 1. The Morgan fingerprint density at radius 2 is 1.95 bits per heavy atom. The number of anilines is 1. The molecule has 2 bridgehead atoms. The summed E-state index contributed by atoms with van der Waals surface area (Å²) in [5, 5.41) is 10.2. The van der Waals surface area contributed by atoms with Crippen LogP contribution in [0.1, 0.15) is 37.3 Å². The molecule has 0 saturated carbocycles. The number of nitrogens with zero attached hydrogens (tertiary/aromatic N) is 3. The molecule has 1 aromatic rings. The molecule has 1 spiro atoms. The van der Waals surface area contributed by atoms with Gasteiger partial charge in [0.2, 0.25) is 11.8 Å². The topological polar surface area (TPSA) is 90.4 Å². The molecule has 3 amide bonds. The summed E-state index contributed by atoms with van der Waals surface area (Å²) >= 11 is 0. The number of aliphatic hydroxyl groups excluding tert-OH is 1. The van der Waals surface area contributed by atoms with E-state index in [1.165, 1.54) is 4.90 Å². The average Bonchev–Trinajstić information content (AvgIpc) is 3.52. The standard InChI is InChI=1S/C29H39N3O5/c1-7-14-30(6)26(34)23-22-12-13-29(37-22)24(23)27(35)32(20(9-3)17-33)25(29)28(36)31(15-8-2)21-16-18(4)10-11-19(21)5/h7-8,10-11,16,20,22-25,33H,1-2,9,12-15,17H2,3-6H3/t20-,22-,23+,24-,25?,29?/m0/s1. The summed E-state index contributed by atoms with van der Waals surface area (Å²) in [5.41, 5.74) is 1.57. The quantitative estimate of drug-likeness (QED) is 0.490. The minimum atomic E-state index is -1.12. The smallest absolute Gasteiger partial charge is 0.253 e. The number of rotatable bonds is 10. The summed E-state index contributed by atoms with van der Waals surface area (Å²) in [5.74, 6) is -2.18. The molecule has 1 N–H and O–H groups in total. The van der Waals surface area contributed by atoms with E-state index in [-0.39, 0.29) is 30.9 Å². The molecule has 1 aromatic carbocycles. The van der Waals surface area contributed by atoms with Gasteiger partial charge in [0.25, 0.3) is 5.91 Å². The van der Waals surface area contributed by atoms with Crippen LogP contribution in [-0.2, 0) is 19.1 Å². The third kappa shape index (κ3) is 4.20. The second-order valence-electron chi connectivity index (χ2n) is 10.6.